The van der Waals surface area contributed by atoms with Gasteiger partial charge in [0.1, 0.15) is 17.7 Å². The van der Waals surface area contributed by atoms with Gasteiger partial charge in [-0.3, -0.25) is 14.4 Å². The number of nitrogens with one attached hydrogen (secondary N) is 5. The van der Waals surface area contributed by atoms with Gasteiger partial charge in [-0.25, -0.2) is 23.5 Å². The fourth-order valence-electron chi connectivity index (χ4n) is 8.78. The number of carbonyl (C=O) groups is 4. The summed E-state index contributed by atoms with van der Waals surface area (Å²) in [6.45, 7) is 3.29. The number of aromatic amines is 2. The molecule has 3 fully saturated rings. The Labute approximate surface area is 323 Å². The summed E-state index contributed by atoms with van der Waals surface area (Å²) in [6, 6.07) is 15.4. The van der Waals surface area contributed by atoms with E-state index in [0.29, 0.717) is 18.3 Å². The molecule has 1 saturated heterocycles. The maximum atomic E-state index is 13.5. The molecule has 1 aliphatic heterocycles. The highest BCUT2D eigenvalue weighted by atomic mass is 19.3. The minimum absolute atomic E-state index is 0.109. The van der Waals surface area contributed by atoms with E-state index in [1.807, 2.05) is 38.1 Å². The third-order valence-corrected chi connectivity index (χ3v) is 11.6. The molecule has 56 heavy (non-hydrogen) atoms. The molecule has 13 nitrogen and oxygen atoms in total. The average molecular weight is 771 g/mol. The summed E-state index contributed by atoms with van der Waals surface area (Å²) in [5, 5.41) is 7.48. The molecule has 3 aliphatic rings. The normalized spacial score (nSPS) is 22.1. The van der Waals surface area contributed by atoms with Crippen molar-refractivity contribution < 1.29 is 32.7 Å². The zero-order valence-corrected chi connectivity index (χ0v) is 31.7. The summed E-state index contributed by atoms with van der Waals surface area (Å²) in [6.07, 6.45) is 4.77. The third kappa shape index (κ3) is 8.17. The zero-order valence-electron chi connectivity index (χ0n) is 31.7. The van der Waals surface area contributed by atoms with Crippen LogP contribution in [0.3, 0.4) is 0 Å². The predicted octanol–water partition coefficient (Wildman–Crippen LogP) is 5.81. The number of rotatable bonds is 13. The van der Waals surface area contributed by atoms with Crippen LogP contribution < -0.4 is 16.0 Å². The van der Waals surface area contributed by atoms with Gasteiger partial charge in [-0.2, -0.15) is 0 Å². The number of carbonyl (C=O) groups excluding carboxylic acids is 4. The molecule has 2 aliphatic carbocycles. The van der Waals surface area contributed by atoms with Crippen LogP contribution in [0.25, 0.3) is 33.6 Å². The fraction of sp³-hybridized carbons (Fsp3) is 0.463. The summed E-state index contributed by atoms with van der Waals surface area (Å²) in [5.41, 5.74) is 5.67. The average Bonchev–Trinajstić information content (AvgIpc) is 4.06. The van der Waals surface area contributed by atoms with Crippen molar-refractivity contribution in [2.75, 3.05) is 26.7 Å². The second kappa shape index (κ2) is 16.6. The van der Waals surface area contributed by atoms with E-state index in [1.54, 1.807) is 17.3 Å². The highest BCUT2D eigenvalue weighted by Gasteiger charge is 2.52. The molecule has 2 saturated carbocycles. The molecule has 4 aromatic rings. The molecule has 7 rings (SSSR count). The van der Waals surface area contributed by atoms with Gasteiger partial charge >= 0.3 is 6.09 Å². The number of ether oxygens (including phenoxy) is 1. The maximum Gasteiger partial charge on any atom is 0.407 e. The van der Waals surface area contributed by atoms with Gasteiger partial charge in [-0.05, 0) is 72.1 Å². The van der Waals surface area contributed by atoms with E-state index in [0.717, 1.165) is 71.6 Å². The molecule has 0 radical (unpaired) electrons. The molecule has 15 heteroatoms. The SMILES string of the molecule is COC(=O)N[C@H](C(=O)N1CCC[C@H]1c1ncc(-c2ccc(-c3ccc(-c4cnc(C5C6CCC(C6)C5C(=O)NCC(=O)NCC(F)F)[nH]4)cc3)cc2)[nH]1)C(C)C. The van der Waals surface area contributed by atoms with Gasteiger partial charge in [0, 0.05) is 12.5 Å². The van der Waals surface area contributed by atoms with Crippen molar-refractivity contribution in [2.24, 2.45) is 23.7 Å². The lowest BCUT2D eigenvalue weighted by Gasteiger charge is -2.30. The highest BCUT2D eigenvalue weighted by Crippen LogP contribution is 2.56. The third-order valence-electron chi connectivity index (χ3n) is 11.6. The quantitative estimate of drug-likeness (QED) is 0.114. The molecule has 0 spiro atoms. The van der Waals surface area contributed by atoms with Crippen molar-refractivity contribution >= 4 is 23.8 Å². The number of fused-ring (bicyclic) bond motifs is 2. The van der Waals surface area contributed by atoms with Crippen LogP contribution in [-0.2, 0) is 19.1 Å². The van der Waals surface area contributed by atoms with Crippen molar-refractivity contribution in [3.8, 4) is 33.6 Å². The number of methoxy groups -OCH3 is 1. The van der Waals surface area contributed by atoms with Crippen molar-refractivity contribution in [3.05, 3.63) is 72.6 Å². The van der Waals surface area contributed by atoms with Crippen LogP contribution in [0.1, 0.15) is 69.6 Å². The van der Waals surface area contributed by atoms with Crippen molar-refractivity contribution in [2.45, 2.75) is 70.4 Å². The van der Waals surface area contributed by atoms with Crippen molar-refractivity contribution in [1.29, 1.82) is 0 Å². The van der Waals surface area contributed by atoms with Crippen LogP contribution >= 0.6 is 0 Å². The number of amides is 4. The van der Waals surface area contributed by atoms with Crippen LogP contribution in [0, 0.1) is 23.7 Å². The monoisotopic (exact) mass is 770 g/mol. The van der Waals surface area contributed by atoms with Gasteiger partial charge in [-0.15, -0.1) is 0 Å². The van der Waals surface area contributed by atoms with Crippen LogP contribution in [0.4, 0.5) is 13.6 Å². The highest BCUT2D eigenvalue weighted by molar-refractivity contribution is 5.87. The maximum absolute atomic E-state index is 13.5. The fourth-order valence-corrected chi connectivity index (χ4v) is 8.78. The number of hydrogen-bond acceptors (Lipinski definition) is 7. The number of hydrogen-bond donors (Lipinski definition) is 5. The Morgan fingerprint density at radius 2 is 1.43 bits per heavy atom. The predicted molar refractivity (Wildman–Crippen MR) is 204 cm³/mol. The lowest BCUT2D eigenvalue weighted by Crippen LogP contribution is -2.51. The Kier molecular flexibility index (Phi) is 11.5. The largest absolute Gasteiger partial charge is 0.453 e. The Morgan fingerprint density at radius 3 is 2.04 bits per heavy atom. The van der Waals surface area contributed by atoms with Gasteiger partial charge in [0.15, 0.2) is 0 Å². The topological polar surface area (TPSA) is 174 Å². The first-order valence-electron chi connectivity index (χ1n) is 19.3. The van der Waals surface area contributed by atoms with E-state index in [1.165, 1.54) is 7.11 Å². The van der Waals surface area contributed by atoms with Gasteiger partial charge in [0.05, 0.1) is 55.9 Å². The molecule has 4 amide bonds. The van der Waals surface area contributed by atoms with Crippen molar-refractivity contribution in [1.82, 2.24) is 40.8 Å². The number of halogens is 2. The smallest absolute Gasteiger partial charge is 0.407 e. The van der Waals surface area contributed by atoms with E-state index >= 15 is 0 Å². The molecular weight excluding hydrogens is 722 g/mol. The zero-order chi connectivity index (χ0) is 39.5. The van der Waals surface area contributed by atoms with E-state index in [4.69, 9.17) is 9.72 Å². The molecule has 5 N–H and O–H groups in total. The van der Waals surface area contributed by atoms with Gasteiger partial charge in [-0.1, -0.05) is 62.4 Å². The Balaban J connectivity index is 0.986. The number of imidazole rings is 2. The molecule has 6 atom stereocenters. The number of benzene rings is 2. The van der Waals surface area contributed by atoms with Crippen LogP contribution in [-0.4, -0.2) is 87.9 Å². The number of alkyl halides is 2. The van der Waals surface area contributed by atoms with Gasteiger partial charge in [0.2, 0.25) is 17.7 Å². The lowest BCUT2D eigenvalue weighted by atomic mass is 9.78. The van der Waals surface area contributed by atoms with Crippen LogP contribution in [0.15, 0.2) is 60.9 Å². The molecule has 2 bridgehead atoms. The molecule has 3 heterocycles. The lowest BCUT2D eigenvalue weighted by molar-refractivity contribution is -0.135. The Hall–Kier alpha value is -5.60. The number of likely N-dealkylation sites (tertiary alicyclic amines) is 1. The van der Waals surface area contributed by atoms with E-state index < -0.39 is 31.0 Å². The Bertz CT molecular complexity index is 2030. The molecule has 2 aromatic heterocycles. The molecule has 4 unspecified atom stereocenters. The summed E-state index contributed by atoms with van der Waals surface area (Å²) in [5.74, 6) is 0.366. The molecular formula is C41H48F2N8O5. The minimum atomic E-state index is -2.65. The van der Waals surface area contributed by atoms with Gasteiger partial charge < -0.3 is 35.6 Å². The first kappa shape index (κ1) is 38.7. The second-order valence-corrected chi connectivity index (χ2v) is 15.4. The van der Waals surface area contributed by atoms with E-state index in [2.05, 4.69) is 55.2 Å². The molecule has 296 valence electrons. The van der Waals surface area contributed by atoms with Crippen LogP contribution in [0.5, 0.6) is 0 Å². The number of nitrogens with zero attached hydrogens (tertiary/aromatic N) is 3. The first-order chi connectivity index (χ1) is 27.0. The van der Waals surface area contributed by atoms with E-state index in [9.17, 15) is 28.0 Å². The minimum Gasteiger partial charge on any atom is -0.453 e. The summed E-state index contributed by atoms with van der Waals surface area (Å²) in [7, 11) is 1.28. The number of aromatic nitrogens is 4. The van der Waals surface area contributed by atoms with Gasteiger partial charge in [0.25, 0.3) is 6.43 Å². The summed E-state index contributed by atoms with van der Waals surface area (Å²) < 4.78 is 29.7. The number of alkyl carbamates (subject to hydrolysis) is 1. The second-order valence-electron chi connectivity index (χ2n) is 15.4. The van der Waals surface area contributed by atoms with E-state index in [-0.39, 0.29) is 48.1 Å². The standard InChI is InChI=1S/C41H48F2N8O5/c1-22(2)36(50-41(55)56-3)40(54)51-16-4-5-31(51)37-45-18-29(48-37)25-10-6-23(7-11-25)24-8-12-26(13-9-24)30-19-46-38(49-30)34-27-14-15-28(17-27)35(34)39(53)47-21-33(52)44-20-32(42)43/h6-13,18-19,22,27-28,31-32,34-36H,4-5,14-17,20-21H2,1-3H3,(H,44,52)(H,45,48)(H,46,49)(H,47,53)(H,50,55)/t27?,28?,31-,34?,35?,36-/m0/s1. The van der Waals surface area contributed by atoms with Crippen molar-refractivity contribution in [3.63, 3.8) is 0 Å². The first-order valence-corrected chi connectivity index (χ1v) is 19.3. The molecule has 2 aromatic carbocycles. The number of H-pyrrole nitrogens is 2. The summed E-state index contributed by atoms with van der Waals surface area (Å²) in [4.78, 5) is 68.7. The Morgan fingerprint density at radius 1 is 0.839 bits per heavy atom. The van der Waals surface area contributed by atoms with Crippen LogP contribution in [0.2, 0.25) is 0 Å². The summed E-state index contributed by atoms with van der Waals surface area (Å²) >= 11 is 0.